The lowest BCUT2D eigenvalue weighted by molar-refractivity contribution is 0.0735. The summed E-state index contributed by atoms with van der Waals surface area (Å²) in [5.41, 5.74) is 3.69. The van der Waals surface area contributed by atoms with E-state index in [2.05, 4.69) is 24.3 Å². The Kier molecular flexibility index (Phi) is 6.29. The van der Waals surface area contributed by atoms with Gasteiger partial charge in [-0.15, -0.1) is 0 Å². The van der Waals surface area contributed by atoms with Gasteiger partial charge in [0.2, 0.25) is 0 Å². The van der Waals surface area contributed by atoms with Gasteiger partial charge >= 0.3 is 0 Å². The summed E-state index contributed by atoms with van der Waals surface area (Å²) in [6.07, 6.45) is 5.33. The second kappa shape index (κ2) is 7.74. The van der Waals surface area contributed by atoms with Crippen molar-refractivity contribution >= 4 is 11.6 Å². The van der Waals surface area contributed by atoms with Gasteiger partial charge in [-0.2, -0.15) is 0 Å². The van der Waals surface area contributed by atoms with Crippen LogP contribution in [0.4, 0.5) is 5.69 Å². The topological polar surface area (TPSA) is 71.2 Å². The fraction of sp³-hybridized carbons (Fsp3) is 0.571. The Hall–Kier alpha value is -1.62. The number of nitrogens with two attached hydrogens (primary N) is 1. The van der Waals surface area contributed by atoms with Crippen molar-refractivity contribution in [3.05, 3.63) is 24.0 Å². The van der Waals surface area contributed by atoms with E-state index in [1.165, 1.54) is 0 Å². The van der Waals surface area contributed by atoms with Crippen LogP contribution in [-0.4, -0.2) is 28.9 Å². The Morgan fingerprint density at radius 2 is 2.11 bits per heavy atom. The number of nitrogens with zero attached hydrogens (tertiary/aromatic N) is 2. The first-order valence-electron chi connectivity index (χ1n) is 6.87. The maximum Gasteiger partial charge on any atom is 0.257 e. The summed E-state index contributed by atoms with van der Waals surface area (Å²) in [5, 5.41) is 0. The molecule has 1 rings (SSSR count). The summed E-state index contributed by atoms with van der Waals surface area (Å²) < 4.78 is 0. The number of carbonyl (C=O) groups excluding carboxylic acids is 1. The second-order valence-electron chi connectivity index (χ2n) is 4.59. The van der Waals surface area contributed by atoms with E-state index in [4.69, 9.17) is 5.84 Å². The number of amides is 1. The predicted molar refractivity (Wildman–Crippen MR) is 77.7 cm³/mol. The molecule has 19 heavy (non-hydrogen) atoms. The van der Waals surface area contributed by atoms with Gasteiger partial charge in [0, 0.05) is 25.5 Å². The van der Waals surface area contributed by atoms with Crippen molar-refractivity contribution in [2.24, 2.45) is 11.8 Å². The molecule has 1 amide bonds. The molecule has 5 nitrogen and oxygen atoms in total. The van der Waals surface area contributed by atoms with Crippen LogP contribution in [-0.2, 0) is 0 Å². The lowest BCUT2D eigenvalue weighted by Gasteiger charge is -2.26. The largest absolute Gasteiger partial charge is 0.339 e. The molecule has 0 aliphatic rings. The van der Waals surface area contributed by atoms with Gasteiger partial charge in [-0.25, -0.2) is 0 Å². The first kappa shape index (κ1) is 15.4. The third-order valence-corrected chi connectivity index (χ3v) is 3.51. The summed E-state index contributed by atoms with van der Waals surface area (Å²) >= 11 is 0. The van der Waals surface area contributed by atoms with Gasteiger partial charge in [0.15, 0.2) is 0 Å². The van der Waals surface area contributed by atoms with Crippen molar-refractivity contribution in [2.45, 2.75) is 33.6 Å². The van der Waals surface area contributed by atoms with Crippen LogP contribution in [0.25, 0.3) is 0 Å². The normalized spacial score (nSPS) is 10.6. The van der Waals surface area contributed by atoms with Crippen LogP contribution in [0, 0.1) is 5.92 Å². The molecule has 0 saturated heterocycles. The minimum absolute atomic E-state index is 0.0181. The molecule has 5 heteroatoms. The molecule has 106 valence electrons. The fourth-order valence-corrected chi connectivity index (χ4v) is 2.08. The van der Waals surface area contributed by atoms with Crippen LogP contribution < -0.4 is 11.3 Å². The number of nitrogens with one attached hydrogen (secondary N) is 1. The molecule has 0 aliphatic heterocycles. The number of aromatic nitrogens is 1. The van der Waals surface area contributed by atoms with E-state index >= 15 is 0 Å². The molecule has 0 aromatic carbocycles. The van der Waals surface area contributed by atoms with Gasteiger partial charge in [0.05, 0.1) is 11.3 Å². The molecule has 0 radical (unpaired) electrons. The number of nitrogen functional groups attached to an aromatic ring is 1. The SMILES string of the molecule is CCC(CC)CN(CC)C(=O)c1cnccc1NN. The van der Waals surface area contributed by atoms with Gasteiger partial charge in [0.25, 0.3) is 5.91 Å². The van der Waals surface area contributed by atoms with Crippen molar-refractivity contribution in [1.29, 1.82) is 0 Å². The highest BCUT2D eigenvalue weighted by Crippen LogP contribution is 2.17. The lowest BCUT2D eigenvalue weighted by Crippen LogP contribution is -2.35. The van der Waals surface area contributed by atoms with E-state index in [0.29, 0.717) is 23.7 Å². The first-order valence-corrected chi connectivity index (χ1v) is 6.87. The smallest absolute Gasteiger partial charge is 0.257 e. The van der Waals surface area contributed by atoms with Crippen molar-refractivity contribution in [2.75, 3.05) is 18.5 Å². The number of pyridine rings is 1. The maximum absolute atomic E-state index is 12.5. The third kappa shape index (κ3) is 3.92. The molecule has 0 fully saturated rings. The minimum Gasteiger partial charge on any atom is -0.339 e. The van der Waals surface area contributed by atoms with Gasteiger partial charge in [0.1, 0.15) is 0 Å². The van der Waals surface area contributed by atoms with Crippen LogP contribution >= 0.6 is 0 Å². The Labute approximate surface area is 115 Å². The number of carbonyl (C=O) groups is 1. The molecule has 1 aromatic rings. The van der Waals surface area contributed by atoms with E-state index in [9.17, 15) is 4.79 Å². The Morgan fingerprint density at radius 3 is 2.63 bits per heavy atom. The summed E-state index contributed by atoms with van der Waals surface area (Å²) in [7, 11) is 0. The number of hydrazine groups is 1. The molecule has 1 heterocycles. The Bertz CT molecular complexity index is 404. The van der Waals surface area contributed by atoms with Crippen molar-refractivity contribution in [3.63, 3.8) is 0 Å². The van der Waals surface area contributed by atoms with Crippen molar-refractivity contribution in [3.8, 4) is 0 Å². The summed E-state index contributed by atoms with van der Waals surface area (Å²) in [5.74, 6) is 5.95. The average Bonchev–Trinajstić information content (AvgIpc) is 2.48. The molecular weight excluding hydrogens is 240 g/mol. The number of rotatable bonds is 7. The van der Waals surface area contributed by atoms with Crippen LogP contribution in [0.15, 0.2) is 18.5 Å². The van der Waals surface area contributed by atoms with Gasteiger partial charge in [-0.05, 0) is 18.9 Å². The lowest BCUT2D eigenvalue weighted by atomic mass is 10.0. The van der Waals surface area contributed by atoms with Crippen LogP contribution in [0.2, 0.25) is 0 Å². The zero-order valence-electron chi connectivity index (χ0n) is 12.0. The molecule has 3 N–H and O–H groups in total. The standard InChI is InChI=1S/C14H24N4O/c1-4-11(5-2)10-18(6-3)14(19)12-9-16-8-7-13(12)17-15/h7-9,11H,4-6,10,15H2,1-3H3,(H,16,17). The van der Waals surface area contributed by atoms with Crippen LogP contribution in [0.3, 0.4) is 0 Å². The highest BCUT2D eigenvalue weighted by molar-refractivity contribution is 5.99. The molecule has 0 unspecified atom stereocenters. The van der Waals surface area contributed by atoms with Crippen molar-refractivity contribution < 1.29 is 4.79 Å². The van der Waals surface area contributed by atoms with E-state index in [1.54, 1.807) is 18.5 Å². The summed E-state index contributed by atoms with van der Waals surface area (Å²) in [4.78, 5) is 18.4. The predicted octanol–water partition coefficient (Wildman–Crippen LogP) is 2.27. The first-order chi connectivity index (χ1) is 9.17. The number of hydrogen-bond donors (Lipinski definition) is 2. The Balaban J connectivity index is 2.89. The molecule has 1 aromatic heterocycles. The highest BCUT2D eigenvalue weighted by atomic mass is 16.2. The molecule has 0 bridgehead atoms. The van der Waals surface area contributed by atoms with Gasteiger partial charge < -0.3 is 10.3 Å². The van der Waals surface area contributed by atoms with E-state index in [1.807, 2.05) is 11.8 Å². The van der Waals surface area contributed by atoms with Gasteiger partial charge in [-0.3, -0.25) is 15.6 Å². The fourth-order valence-electron chi connectivity index (χ4n) is 2.08. The quantitative estimate of drug-likeness (QED) is 0.585. The molecule has 0 atom stereocenters. The van der Waals surface area contributed by atoms with Gasteiger partial charge in [-0.1, -0.05) is 26.7 Å². The van der Waals surface area contributed by atoms with Crippen LogP contribution in [0.1, 0.15) is 44.0 Å². The monoisotopic (exact) mass is 264 g/mol. The number of anilines is 1. The number of hydrogen-bond acceptors (Lipinski definition) is 4. The maximum atomic E-state index is 12.5. The second-order valence-corrected chi connectivity index (χ2v) is 4.59. The summed E-state index contributed by atoms with van der Waals surface area (Å²) in [6, 6.07) is 1.71. The molecule has 0 aliphatic carbocycles. The minimum atomic E-state index is -0.0181. The molecular formula is C14H24N4O. The molecule has 0 saturated carbocycles. The molecule has 0 spiro atoms. The van der Waals surface area contributed by atoms with Crippen molar-refractivity contribution in [1.82, 2.24) is 9.88 Å². The van der Waals surface area contributed by atoms with E-state index < -0.39 is 0 Å². The third-order valence-electron chi connectivity index (χ3n) is 3.51. The Morgan fingerprint density at radius 1 is 1.42 bits per heavy atom. The zero-order chi connectivity index (χ0) is 14.3. The average molecular weight is 264 g/mol. The summed E-state index contributed by atoms with van der Waals surface area (Å²) in [6.45, 7) is 7.77. The van der Waals surface area contributed by atoms with E-state index in [-0.39, 0.29) is 5.91 Å². The zero-order valence-corrected chi connectivity index (χ0v) is 12.0. The highest BCUT2D eigenvalue weighted by Gasteiger charge is 2.19. The van der Waals surface area contributed by atoms with Crippen LogP contribution in [0.5, 0.6) is 0 Å². The van der Waals surface area contributed by atoms with E-state index in [0.717, 1.165) is 19.4 Å².